The highest BCUT2D eigenvalue weighted by Gasteiger charge is 2.50. The Morgan fingerprint density at radius 2 is 2.23 bits per heavy atom. The summed E-state index contributed by atoms with van der Waals surface area (Å²) in [7, 11) is 0. The van der Waals surface area contributed by atoms with E-state index in [1.54, 1.807) is 0 Å². The normalized spacial score (nSPS) is 47.8. The first-order valence-electron chi connectivity index (χ1n) is 5.51. The van der Waals surface area contributed by atoms with Gasteiger partial charge in [-0.3, -0.25) is 4.79 Å². The van der Waals surface area contributed by atoms with Crippen molar-refractivity contribution in [3.8, 4) is 0 Å². The molecule has 3 rings (SSSR count). The van der Waals surface area contributed by atoms with Crippen molar-refractivity contribution in [3.05, 3.63) is 12.2 Å². The molecule has 0 unspecified atom stereocenters. The summed E-state index contributed by atoms with van der Waals surface area (Å²) in [5.41, 5.74) is 0.425. The van der Waals surface area contributed by atoms with E-state index < -0.39 is 0 Å². The molecule has 2 fully saturated rings. The molecule has 3 atom stereocenters. The molecule has 0 saturated heterocycles. The molecule has 1 nitrogen and oxygen atoms in total. The van der Waals surface area contributed by atoms with E-state index >= 15 is 0 Å². The molecule has 0 aliphatic heterocycles. The lowest BCUT2D eigenvalue weighted by molar-refractivity contribution is -0.120. The van der Waals surface area contributed by atoms with E-state index in [0.29, 0.717) is 17.1 Å². The van der Waals surface area contributed by atoms with Gasteiger partial charge in [-0.25, -0.2) is 0 Å². The van der Waals surface area contributed by atoms with Gasteiger partial charge in [-0.1, -0.05) is 25.0 Å². The van der Waals surface area contributed by atoms with E-state index in [1.165, 1.54) is 32.1 Å². The SMILES string of the molecule is O=C1C[C@@]23CCCC[C@@H]2C=C[C@@H]1C3. The molecule has 0 aromatic carbocycles. The van der Waals surface area contributed by atoms with Crippen LogP contribution in [0.3, 0.4) is 0 Å². The van der Waals surface area contributed by atoms with Gasteiger partial charge in [-0.15, -0.1) is 0 Å². The number of fused-ring (bicyclic) bond motifs is 1. The van der Waals surface area contributed by atoms with E-state index in [9.17, 15) is 4.79 Å². The molecule has 0 aromatic heterocycles. The van der Waals surface area contributed by atoms with Crippen molar-refractivity contribution in [1.82, 2.24) is 0 Å². The molecule has 0 N–H and O–H groups in total. The number of carbonyl (C=O) groups excluding carboxylic acids is 1. The number of Topliss-reactive ketones (excluding diaryl/α,β-unsaturated/α-hetero) is 1. The number of carbonyl (C=O) groups is 1. The molecule has 0 amide bonds. The van der Waals surface area contributed by atoms with Gasteiger partial charge in [0.25, 0.3) is 0 Å². The largest absolute Gasteiger partial charge is 0.299 e. The van der Waals surface area contributed by atoms with Gasteiger partial charge in [0.1, 0.15) is 5.78 Å². The lowest BCUT2D eigenvalue weighted by Crippen LogP contribution is -2.31. The Balaban J connectivity index is 2.00. The van der Waals surface area contributed by atoms with Crippen LogP contribution in [0.2, 0.25) is 0 Å². The van der Waals surface area contributed by atoms with Crippen LogP contribution in [0.1, 0.15) is 38.5 Å². The summed E-state index contributed by atoms with van der Waals surface area (Å²) in [5.74, 6) is 1.55. The lowest BCUT2D eigenvalue weighted by Gasteiger charge is -2.41. The second-order valence-electron chi connectivity index (χ2n) is 5.05. The fourth-order valence-electron chi connectivity index (χ4n) is 3.65. The summed E-state index contributed by atoms with van der Waals surface area (Å²) in [6.07, 6.45) is 11.9. The molecule has 3 aliphatic rings. The first-order chi connectivity index (χ1) is 6.30. The summed E-state index contributed by atoms with van der Waals surface area (Å²) in [6.45, 7) is 0. The number of allylic oxidation sites excluding steroid dienone is 2. The first kappa shape index (κ1) is 7.78. The third-order valence-electron chi connectivity index (χ3n) is 4.37. The maximum Gasteiger partial charge on any atom is 0.140 e. The van der Waals surface area contributed by atoms with Crippen LogP contribution in [0, 0.1) is 17.3 Å². The highest BCUT2D eigenvalue weighted by atomic mass is 16.1. The summed E-state index contributed by atoms with van der Waals surface area (Å²) in [4.78, 5) is 11.7. The Bertz CT molecular complexity index is 279. The standard InChI is InChI=1S/C12H16O/c13-11-8-12-6-2-1-3-10(12)5-4-9(11)7-12/h4-5,9-10H,1-3,6-8H2/t9-,10-,12+/m1/s1. The zero-order valence-corrected chi connectivity index (χ0v) is 7.96. The van der Waals surface area contributed by atoms with Gasteiger partial charge in [-0.2, -0.15) is 0 Å². The molecule has 1 heteroatoms. The number of hydrogen-bond donors (Lipinski definition) is 0. The zero-order chi connectivity index (χ0) is 8.89. The van der Waals surface area contributed by atoms with Crippen LogP contribution in [0.5, 0.6) is 0 Å². The van der Waals surface area contributed by atoms with Crippen molar-refractivity contribution in [2.24, 2.45) is 17.3 Å². The summed E-state index contributed by atoms with van der Waals surface area (Å²) in [6, 6.07) is 0. The van der Waals surface area contributed by atoms with Crippen LogP contribution >= 0.6 is 0 Å². The third kappa shape index (κ3) is 0.962. The number of ketones is 1. The Morgan fingerprint density at radius 1 is 1.31 bits per heavy atom. The van der Waals surface area contributed by atoms with Gasteiger partial charge in [0, 0.05) is 12.3 Å². The molecule has 1 spiro atoms. The maximum atomic E-state index is 11.7. The van der Waals surface area contributed by atoms with E-state index in [-0.39, 0.29) is 0 Å². The Labute approximate surface area is 79.2 Å². The van der Waals surface area contributed by atoms with Crippen molar-refractivity contribution < 1.29 is 4.79 Å². The molecule has 3 aliphatic carbocycles. The minimum absolute atomic E-state index is 0.300. The molecule has 13 heavy (non-hydrogen) atoms. The second-order valence-corrected chi connectivity index (χ2v) is 5.05. The Kier molecular flexibility index (Phi) is 1.47. The highest BCUT2D eigenvalue weighted by molar-refractivity contribution is 5.86. The third-order valence-corrected chi connectivity index (χ3v) is 4.37. The van der Waals surface area contributed by atoms with Crippen molar-refractivity contribution >= 4 is 5.78 Å². The molecule has 0 heterocycles. The van der Waals surface area contributed by atoms with Gasteiger partial charge >= 0.3 is 0 Å². The van der Waals surface area contributed by atoms with E-state index in [0.717, 1.165) is 12.3 Å². The summed E-state index contributed by atoms with van der Waals surface area (Å²) >= 11 is 0. The quantitative estimate of drug-likeness (QED) is 0.519. The molecular formula is C12H16O. The predicted molar refractivity (Wildman–Crippen MR) is 51.3 cm³/mol. The van der Waals surface area contributed by atoms with Crippen LogP contribution in [0.15, 0.2) is 12.2 Å². The van der Waals surface area contributed by atoms with Gasteiger partial charge < -0.3 is 0 Å². The van der Waals surface area contributed by atoms with Gasteiger partial charge in [0.15, 0.2) is 0 Å². The van der Waals surface area contributed by atoms with Crippen LogP contribution in [0.25, 0.3) is 0 Å². The van der Waals surface area contributed by atoms with E-state index in [1.807, 2.05) is 0 Å². The van der Waals surface area contributed by atoms with Gasteiger partial charge in [-0.05, 0) is 30.6 Å². The molecule has 2 saturated carbocycles. The summed E-state index contributed by atoms with van der Waals surface area (Å²) < 4.78 is 0. The fourth-order valence-corrected chi connectivity index (χ4v) is 3.65. The average molecular weight is 176 g/mol. The Hall–Kier alpha value is -0.590. The topological polar surface area (TPSA) is 17.1 Å². The minimum atomic E-state index is 0.300. The number of hydrogen-bond acceptors (Lipinski definition) is 1. The smallest absolute Gasteiger partial charge is 0.140 e. The van der Waals surface area contributed by atoms with Crippen LogP contribution in [-0.2, 0) is 4.79 Å². The molecule has 2 bridgehead atoms. The maximum absolute atomic E-state index is 11.7. The fraction of sp³-hybridized carbons (Fsp3) is 0.750. The van der Waals surface area contributed by atoms with Crippen molar-refractivity contribution in [2.45, 2.75) is 38.5 Å². The average Bonchev–Trinajstić information content (AvgIpc) is 2.38. The molecule has 0 aromatic rings. The van der Waals surface area contributed by atoms with Crippen molar-refractivity contribution in [3.63, 3.8) is 0 Å². The van der Waals surface area contributed by atoms with Gasteiger partial charge in [0.2, 0.25) is 0 Å². The van der Waals surface area contributed by atoms with E-state index in [4.69, 9.17) is 0 Å². The van der Waals surface area contributed by atoms with Crippen LogP contribution < -0.4 is 0 Å². The Morgan fingerprint density at radius 3 is 3.15 bits per heavy atom. The van der Waals surface area contributed by atoms with Crippen LogP contribution in [-0.4, -0.2) is 5.78 Å². The zero-order valence-electron chi connectivity index (χ0n) is 7.96. The van der Waals surface area contributed by atoms with Crippen molar-refractivity contribution in [2.75, 3.05) is 0 Å². The predicted octanol–water partition coefficient (Wildman–Crippen LogP) is 2.71. The summed E-state index contributed by atoms with van der Waals surface area (Å²) in [5, 5.41) is 0. The van der Waals surface area contributed by atoms with Crippen molar-refractivity contribution in [1.29, 1.82) is 0 Å². The second kappa shape index (κ2) is 2.46. The molecule has 0 radical (unpaired) electrons. The van der Waals surface area contributed by atoms with E-state index in [2.05, 4.69) is 12.2 Å². The molecular weight excluding hydrogens is 160 g/mol. The van der Waals surface area contributed by atoms with Crippen LogP contribution in [0.4, 0.5) is 0 Å². The highest BCUT2D eigenvalue weighted by Crippen LogP contribution is 2.56. The lowest BCUT2D eigenvalue weighted by atomic mass is 9.63. The minimum Gasteiger partial charge on any atom is -0.299 e. The molecule has 70 valence electrons. The number of rotatable bonds is 0. The van der Waals surface area contributed by atoms with Gasteiger partial charge in [0.05, 0.1) is 0 Å². The monoisotopic (exact) mass is 176 g/mol. The first-order valence-corrected chi connectivity index (χ1v) is 5.51.